The van der Waals surface area contributed by atoms with Gasteiger partial charge in [-0.3, -0.25) is 10.1 Å². The summed E-state index contributed by atoms with van der Waals surface area (Å²) in [6.07, 6.45) is 3.26. The molecule has 3 aromatic rings. The van der Waals surface area contributed by atoms with Crippen molar-refractivity contribution in [3.8, 4) is 0 Å². The first-order valence-corrected chi connectivity index (χ1v) is 8.10. The molecule has 1 aliphatic rings. The first kappa shape index (κ1) is 14.0. The van der Waals surface area contributed by atoms with E-state index < -0.39 is 0 Å². The van der Waals surface area contributed by atoms with Crippen LogP contribution in [0.5, 0.6) is 0 Å². The molecule has 0 aliphatic carbocycles. The molecule has 4 heterocycles. The molecule has 1 unspecified atom stereocenters. The highest BCUT2D eigenvalue weighted by Crippen LogP contribution is 2.31. The zero-order valence-corrected chi connectivity index (χ0v) is 13.2. The highest BCUT2D eigenvalue weighted by Gasteiger charge is 2.33. The summed E-state index contributed by atoms with van der Waals surface area (Å²) in [5, 5.41) is 16.8. The fourth-order valence-corrected chi connectivity index (χ4v) is 3.55. The molecule has 0 spiro atoms. The number of amides is 1. The monoisotopic (exact) mass is 330 g/mol. The quantitative estimate of drug-likeness (QED) is 0.758. The summed E-state index contributed by atoms with van der Waals surface area (Å²) in [6.45, 7) is 0.789. The fraction of sp³-hybridized carbons (Fsp3) is 0.385. The topological polar surface area (TPSA) is 102 Å². The Kier molecular flexibility index (Phi) is 3.37. The van der Waals surface area contributed by atoms with E-state index in [0.717, 1.165) is 35.4 Å². The number of carbonyl (C=O) groups excluding carboxylic acids is 1. The Morgan fingerprint density at radius 2 is 2.35 bits per heavy atom. The zero-order chi connectivity index (χ0) is 15.8. The minimum Gasteiger partial charge on any atom is -0.344 e. The summed E-state index contributed by atoms with van der Waals surface area (Å²) in [5.74, 6) is 1.03. The van der Waals surface area contributed by atoms with E-state index in [-0.39, 0.29) is 11.9 Å². The molecule has 1 fully saturated rings. The van der Waals surface area contributed by atoms with Gasteiger partial charge in [-0.15, -0.1) is 11.3 Å². The lowest BCUT2D eigenvalue weighted by Crippen LogP contribution is -2.40. The number of nitrogens with one attached hydrogen (secondary N) is 1. The summed E-state index contributed by atoms with van der Waals surface area (Å²) in [6, 6.07) is 1.71. The molecular weight excluding hydrogens is 316 g/mol. The van der Waals surface area contributed by atoms with E-state index in [1.807, 2.05) is 16.3 Å². The molecule has 1 aliphatic heterocycles. The average molecular weight is 330 g/mol. The van der Waals surface area contributed by atoms with Gasteiger partial charge in [0.15, 0.2) is 0 Å². The molecule has 3 aromatic heterocycles. The maximum Gasteiger partial charge on any atom is 0.249 e. The molecule has 9 nitrogen and oxygen atoms in total. The van der Waals surface area contributed by atoms with Crippen LogP contribution in [0.25, 0.3) is 10.2 Å². The second-order valence-electron chi connectivity index (χ2n) is 5.30. The predicted octanol–water partition coefficient (Wildman–Crippen LogP) is 0.822. The highest BCUT2D eigenvalue weighted by atomic mass is 32.1. The van der Waals surface area contributed by atoms with Crippen LogP contribution in [0.2, 0.25) is 0 Å². The van der Waals surface area contributed by atoms with Crippen molar-refractivity contribution in [2.75, 3.05) is 16.8 Å². The van der Waals surface area contributed by atoms with Gasteiger partial charge < -0.3 is 4.90 Å². The number of thiophene rings is 1. The lowest BCUT2D eigenvalue weighted by molar-refractivity contribution is -0.117. The van der Waals surface area contributed by atoms with Crippen LogP contribution in [0.1, 0.15) is 12.8 Å². The van der Waals surface area contributed by atoms with Gasteiger partial charge in [0.2, 0.25) is 11.9 Å². The molecule has 0 aromatic carbocycles. The molecule has 118 valence electrons. The van der Waals surface area contributed by atoms with Crippen molar-refractivity contribution in [3.63, 3.8) is 0 Å². The number of nitrogens with zero attached hydrogens (tertiary/aromatic N) is 7. The van der Waals surface area contributed by atoms with E-state index in [2.05, 4.69) is 30.8 Å². The van der Waals surface area contributed by atoms with Gasteiger partial charge in [0.05, 0.1) is 5.39 Å². The number of aryl methyl sites for hydroxylation is 1. The first-order valence-electron chi connectivity index (χ1n) is 7.22. The Morgan fingerprint density at radius 1 is 1.43 bits per heavy atom. The normalized spacial score (nSPS) is 17.8. The SMILES string of the molecule is Cn1nnnc1NC(=O)C1CCCN1c1ncnc2sccc12. The van der Waals surface area contributed by atoms with E-state index in [1.165, 1.54) is 4.68 Å². The van der Waals surface area contributed by atoms with Crippen LogP contribution in [0.15, 0.2) is 17.8 Å². The van der Waals surface area contributed by atoms with Crippen molar-refractivity contribution >= 4 is 39.2 Å². The third-order valence-corrected chi connectivity index (χ3v) is 4.74. The third kappa shape index (κ3) is 2.40. The van der Waals surface area contributed by atoms with Gasteiger partial charge in [0, 0.05) is 13.6 Å². The number of carbonyl (C=O) groups is 1. The molecule has 4 rings (SSSR count). The van der Waals surface area contributed by atoms with Gasteiger partial charge in [-0.25, -0.2) is 14.6 Å². The summed E-state index contributed by atoms with van der Waals surface area (Å²) in [5.41, 5.74) is 0. The molecule has 10 heteroatoms. The summed E-state index contributed by atoms with van der Waals surface area (Å²) in [7, 11) is 1.68. The van der Waals surface area contributed by atoms with E-state index in [1.54, 1.807) is 24.7 Å². The Balaban J connectivity index is 1.63. The number of tetrazole rings is 1. The van der Waals surface area contributed by atoms with Crippen LogP contribution >= 0.6 is 11.3 Å². The van der Waals surface area contributed by atoms with Crippen molar-refractivity contribution < 1.29 is 4.79 Å². The van der Waals surface area contributed by atoms with Crippen LogP contribution in [0, 0.1) is 0 Å². The van der Waals surface area contributed by atoms with Gasteiger partial charge in [0.1, 0.15) is 23.0 Å². The molecule has 1 saturated heterocycles. The van der Waals surface area contributed by atoms with E-state index >= 15 is 0 Å². The highest BCUT2D eigenvalue weighted by molar-refractivity contribution is 7.16. The molecule has 1 atom stereocenters. The number of fused-ring (bicyclic) bond motifs is 1. The Morgan fingerprint density at radius 3 is 3.17 bits per heavy atom. The smallest absolute Gasteiger partial charge is 0.249 e. The third-order valence-electron chi connectivity index (χ3n) is 3.92. The van der Waals surface area contributed by atoms with E-state index in [9.17, 15) is 4.79 Å². The Bertz CT molecular complexity index is 858. The van der Waals surface area contributed by atoms with Crippen molar-refractivity contribution in [1.29, 1.82) is 0 Å². The van der Waals surface area contributed by atoms with Crippen LogP contribution in [-0.4, -0.2) is 48.7 Å². The summed E-state index contributed by atoms with van der Waals surface area (Å²) in [4.78, 5) is 24.3. The molecule has 0 radical (unpaired) electrons. The van der Waals surface area contributed by atoms with Crippen molar-refractivity contribution in [2.45, 2.75) is 18.9 Å². The van der Waals surface area contributed by atoms with E-state index in [4.69, 9.17) is 0 Å². The Hall–Kier alpha value is -2.62. The van der Waals surface area contributed by atoms with Gasteiger partial charge >= 0.3 is 0 Å². The van der Waals surface area contributed by atoms with Gasteiger partial charge in [-0.2, -0.15) is 0 Å². The average Bonchev–Trinajstić information content (AvgIpc) is 3.27. The second-order valence-corrected chi connectivity index (χ2v) is 6.20. The minimum absolute atomic E-state index is 0.123. The molecule has 23 heavy (non-hydrogen) atoms. The standard InChI is InChI=1S/C13H14N8OS/c1-20-13(17-18-19-20)16-11(22)9-3-2-5-21(9)10-8-4-6-23-12(8)15-7-14-10/h4,6-7,9H,2-3,5H2,1H3,(H,16,17,19,22). The lowest BCUT2D eigenvalue weighted by Gasteiger charge is -2.24. The first-order chi connectivity index (χ1) is 11.2. The van der Waals surface area contributed by atoms with Crippen LogP contribution < -0.4 is 10.2 Å². The molecule has 1 N–H and O–H groups in total. The number of hydrogen-bond acceptors (Lipinski definition) is 8. The van der Waals surface area contributed by atoms with Gasteiger partial charge in [-0.05, 0) is 34.7 Å². The van der Waals surface area contributed by atoms with Crippen LogP contribution in [0.3, 0.4) is 0 Å². The number of anilines is 2. The van der Waals surface area contributed by atoms with Crippen LogP contribution in [0.4, 0.5) is 11.8 Å². The molecule has 0 bridgehead atoms. The molecular formula is C13H14N8OS. The maximum absolute atomic E-state index is 12.6. The second kappa shape index (κ2) is 5.54. The van der Waals surface area contributed by atoms with Crippen LogP contribution in [-0.2, 0) is 11.8 Å². The van der Waals surface area contributed by atoms with Gasteiger partial charge in [-0.1, -0.05) is 5.10 Å². The minimum atomic E-state index is -0.287. The molecule has 1 amide bonds. The predicted molar refractivity (Wildman–Crippen MR) is 85.2 cm³/mol. The Labute approximate surface area is 135 Å². The maximum atomic E-state index is 12.6. The van der Waals surface area contributed by atoms with Crippen molar-refractivity contribution in [3.05, 3.63) is 17.8 Å². The number of rotatable bonds is 3. The lowest BCUT2D eigenvalue weighted by atomic mass is 10.2. The van der Waals surface area contributed by atoms with Gasteiger partial charge in [0.25, 0.3) is 0 Å². The fourth-order valence-electron chi connectivity index (χ4n) is 2.83. The van der Waals surface area contributed by atoms with Crippen molar-refractivity contribution in [1.82, 2.24) is 30.2 Å². The van der Waals surface area contributed by atoms with E-state index in [0.29, 0.717) is 5.95 Å². The summed E-state index contributed by atoms with van der Waals surface area (Å²) >= 11 is 1.57. The summed E-state index contributed by atoms with van der Waals surface area (Å²) < 4.78 is 1.43. The number of hydrogen-bond donors (Lipinski definition) is 1. The largest absolute Gasteiger partial charge is 0.344 e. The number of aromatic nitrogens is 6. The zero-order valence-electron chi connectivity index (χ0n) is 12.4. The molecule has 0 saturated carbocycles. The van der Waals surface area contributed by atoms with Crippen molar-refractivity contribution in [2.24, 2.45) is 7.05 Å².